The van der Waals surface area contributed by atoms with E-state index in [9.17, 15) is 4.79 Å². The zero-order valence-corrected chi connectivity index (χ0v) is 18.9. The first-order valence-electron chi connectivity index (χ1n) is 10.7. The summed E-state index contributed by atoms with van der Waals surface area (Å²) in [7, 11) is 2.80. The minimum atomic E-state index is -0.640. The number of piperazine rings is 1. The van der Waals surface area contributed by atoms with Crippen molar-refractivity contribution in [1.82, 2.24) is 14.9 Å². The molecule has 3 rings (SSSR count). The number of methoxy groups -OCH3 is 2. The van der Waals surface area contributed by atoms with Crippen molar-refractivity contribution in [1.29, 1.82) is 0 Å². The van der Waals surface area contributed by atoms with Gasteiger partial charge >= 0.3 is 0 Å². The molecule has 1 atom stereocenters. The van der Waals surface area contributed by atoms with Gasteiger partial charge in [-0.05, 0) is 25.3 Å². The van der Waals surface area contributed by atoms with Crippen molar-refractivity contribution in [2.24, 2.45) is 5.92 Å². The summed E-state index contributed by atoms with van der Waals surface area (Å²) in [5.74, 6) is 0.845. The zero-order chi connectivity index (χ0) is 22.7. The molecule has 1 fully saturated rings. The molecule has 1 saturated heterocycles. The van der Waals surface area contributed by atoms with Gasteiger partial charge in [-0.3, -0.25) is 4.79 Å². The van der Waals surface area contributed by atoms with Gasteiger partial charge in [0, 0.05) is 37.5 Å². The van der Waals surface area contributed by atoms with Crippen LogP contribution in [0.25, 0.3) is 10.9 Å². The number of nitrogens with two attached hydrogens (primary N) is 1. The van der Waals surface area contributed by atoms with Crippen molar-refractivity contribution in [3.63, 3.8) is 0 Å². The largest absolute Gasteiger partial charge is 0.493 e. The maximum Gasteiger partial charge on any atom is 0.228 e. The number of nitrogens with zero attached hydrogens (tertiary/aromatic N) is 4. The molecule has 0 bridgehead atoms. The van der Waals surface area contributed by atoms with Gasteiger partial charge in [0.25, 0.3) is 0 Å². The second kappa shape index (κ2) is 9.53. The number of ether oxygens (including phenoxy) is 2. The number of fused-ring (bicyclic) bond motifs is 1. The Labute approximate surface area is 182 Å². The molecule has 1 aliphatic heterocycles. The molecule has 0 aliphatic carbocycles. The van der Waals surface area contributed by atoms with Crippen molar-refractivity contribution in [3.8, 4) is 11.5 Å². The van der Waals surface area contributed by atoms with Crippen LogP contribution in [0.3, 0.4) is 0 Å². The lowest BCUT2D eigenvalue weighted by atomic mass is 10.1. The van der Waals surface area contributed by atoms with Gasteiger partial charge in [0.2, 0.25) is 11.9 Å². The van der Waals surface area contributed by atoms with Crippen molar-refractivity contribution >= 4 is 28.6 Å². The Morgan fingerprint density at radius 3 is 2.65 bits per heavy atom. The Balaban J connectivity index is 1.81. The van der Waals surface area contributed by atoms with E-state index in [1.54, 1.807) is 6.07 Å². The minimum Gasteiger partial charge on any atom is -0.493 e. The number of nitrogen functional groups attached to an aromatic ring is 1. The Bertz CT molecular complexity index is 953. The summed E-state index contributed by atoms with van der Waals surface area (Å²) in [6.07, 6.45) is 2.52. The van der Waals surface area contributed by atoms with Gasteiger partial charge in [0.1, 0.15) is 11.3 Å². The van der Waals surface area contributed by atoms with E-state index in [2.05, 4.69) is 23.8 Å². The number of hydrogen-bond acceptors (Lipinski definition) is 7. The molecule has 0 spiro atoms. The average Bonchev–Trinajstić information content (AvgIpc) is 2.73. The molecule has 1 unspecified atom stereocenters. The van der Waals surface area contributed by atoms with Gasteiger partial charge in [-0.15, -0.1) is 0 Å². The van der Waals surface area contributed by atoms with E-state index in [1.165, 1.54) is 14.2 Å². The number of halogens is 1. The van der Waals surface area contributed by atoms with Crippen LogP contribution in [0.1, 0.15) is 40.0 Å². The lowest BCUT2D eigenvalue weighted by Gasteiger charge is -2.40. The van der Waals surface area contributed by atoms with Crippen LogP contribution in [0.15, 0.2) is 6.07 Å². The molecule has 1 aromatic heterocycles. The van der Waals surface area contributed by atoms with E-state index < -0.39 is 5.82 Å². The van der Waals surface area contributed by atoms with Gasteiger partial charge in [-0.1, -0.05) is 20.3 Å². The minimum absolute atomic E-state index is 0.0242. The van der Waals surface area contributed by atoms with Crippen molar-refractivity contribution in [2.45, 2.75) is 46.1 Å². The first-order chi connectivity index (χ1) is 14.8. The molecule has 2 N–H and O–H groups in total. The summed E-state index contributed by atoms with van der Waals surface area (Å²) in [4.78, 5) is 25.3. The van der Waals surface area contributed by atoms with E-state index in [0.717, 1.165) is 12.8 Å². The van der Waals surface area contributed by atoms with Crippen LogP contribution in [0, 0.1) is 11.7 Å². The fraction of sp³-hybridized carbons (Fsp3) is 0.591. The highest BCUT2D eigenvalue weighted by Gasteiger charge is 2.29. The highest BCUT2D eigenvalue weighted by Crippen LogP contribution is 2.37. The predicted molar refractivity (Wildman–Crippen MR) is 119 cm³/mol. The monoisotopic (exact) mass is 433 g/mol. The number of rotatable bonds is 7. The summed E-state index contributed by atoms with van der Waals surface area (Å²) in [5, 5.41) is 0.366. The normalized spacial score (nSPS) is 16.8. The number of hydrogen-bond donors (Lipinski definition) is 1. The molecule has 0 saturated carbocycles. The number of aromatic nitrogens is 2. The maximum atomic E-state index is 15.1. The van der Waals surface area contributed by atoms with E-state index in [1.807, 2.05) is 16.7 Å². The van der Waals surface area contributed by atoms with E-state index in [4.69, 9.17) is 15.2 Å². The Morgan fingerprint density at radius 1 is 1.29 bits per heavy atom. The van der Waals surface area contributed by atoms with Gasteiger partial charge in [-0.25, -0.2) is 9.37 Å². The maximum absolute atomic E-state index is 15.1. The number of benzene rings is 1. The summed E-state index contributed by atoms with van der Waals surface area (Å²) >= 11 is 0. The third-order valence-electron chi connectivity index (χ3n) is 5.70. The Hall–Kier alpha value is -2.84. The predicted octanol–water partition coefficient (Wildman–Crippen LogP) is 3.23. The number of amides is 1. The topological polar surface area (TPSA) is 93.8 Å². The van der Waals surface area contributed by atoms with E-state index >= 15 is 4.39 Å². The molecule has 9 heteroatoms. The summed E-state index contributed by atoms with van der Waals surface area (Å²) in [6, 6.07) is 1.55. The fourth-order valence-corrected chi connectivity index (χ4v) is 3.97. The molecular formula is C22H32FN5O3. The van der Waals surface area contributed by atoms with E-state index in [0.29, 0.717) is 43.3 Å². The smallest absolute Gasteiger partial charge is 0.228 e. The number of anilines is 2. The number of carbonyl (C=O) groups is 1. The van der Waals surface area contributed by atoms with Crippen molar-refractivity contribution < 1.29 is 18.7 Å². The summed E-state index contributed by atoms with van der Waals surface area (Å²) < 4.78 is 25.4. The Morgan fingerprint density at radius 2 is 2.03 bits per heavy atom. The third-order valence-corrected chi connectivity index (χ3v) is 5.70. The summed E-state index contributed by atoms with van der Waals surface area (Å²) in [6.45, 7) is 8.01. The second-order valence-corrected chi connectivity index (χ2v) is 8.40. The highest BCUT2D eigenvalue weighted by atomic mass is 19.1. The van der Waals surface area contributed by atoms with Gasteiger partial charge < -0.3 is 25.0 Å². The first-order valence-corrected chi connectivity index (χ1v) is 10.7. The van der Waals surface area contributed by atoms with Crippen LogP contribution in [0.5, 0.6) is 11.5 Å². The van der Waals surface area contributed by atoms with Crippen LogP contribution in [0.2, 0.25) is 0 Å². The molecular weight excluding hydrogens is 401 g/mol. The van der Waals surface area contributed by atoms with Crippen LogP contribution in [-0.2, 0) is 4.79 Å². The first kappa shape index (κ1) is 22.8. The summed E-state index contributed by atoms with van der Waals surface area (Å²) in [5.41, 5.74) is 6.23. The van der Waals surface area contributed by atoms with Gasteiger partial charge in [0.05, 0.1) is 14.2 Å². The fourth-order valence-electron chi connectivity index (χ4n) is 3.97. The third kappa shape index (κ3) is 4.75. The average molecular weight is 434 g/mol. The van der Waals surface area contributed by atoms with Crippen molar-refractivity contribution in [2.75, 3.05) is 44.5 Å². The van der Waals surface area contributed by atoms with Crippen molar-refractivity contribution in [3.05, 3.63) is 11.9 Å². The second-order valence-electron chi connectivity index (χ2n) is 8.40. The lowest BCUT2D eigenvalue weighted by Crippen LogP contribution is -2.54. The molecule has 31 heavy (non-hydrogen) atoms. The molecule has 2 heterocycles. The van der Waals surface area contributed by atoms with Gasteiger partial charge in [-0.2, -0.15) is 4.98 Å². The molecule has 1 aliphatic rings. The van der Waals surface area contributed by atoms with Gasteiger partial charge in [0.15, 0.2) is 17.3 Å². The molecule has 0 radical (unpaired) electrons. The molecule has 170 valence electrons. The standard InChI is InChI=1S/C22H32FN5O3/c1-13(2)7-6-8-17(29)27-9-10-28(14(3)12-27)22-25-19-15(21(24)26-22)11-16(30-4)20(31-5)18(19)23/h11,13-14H,6-10,12H2,1-5H3,(H2,24,25,26). The van der Waals surface area contributed by atoms with Crippen LogP contribution in [-0.4, -0.2) is 60.7 Å². The zero-order valence-electron chi connectivity index (χ0n) is 18.9. The Kier molecular flexibility index (Phi) is 7.02. The van der Waals surface area contributed by atoms with Crippen LogP contribution >= 0.6 is 0 Å². The molecule has 8 nitrogen and oxygen atoms in total. The molecule has 1 amide bonds. The SMILES string of the molecule is COc1cc2c(N)nc(N3CCN(C(=O)CCCC(C)C)CC3C)nc2c(F)c1OC. The number of carbonyl (C=O) groups excluding carboxylic acids is 1. The van der Waals surface area contributed by atoms with Crippen LogP contribution in [0.4, 0.5) is 16.2 Å². The highest BCUT2D eigenvalue weighted by molar-refractivity contribution is 5.92. The molecule has 1 aromatic carbocycles. The van der Waals surface area contributed by atoms with E-state index in [-0.39, 0.29) is 34.8 Å². The lowest BCUT2D eigenvalue weighted by molar-refractivity contribution is -0.132. The molecule has 2 aromatic rings. The quantitative estimate of drug-likeness (QED) is 0.716. The van der Waals surface area contributed by atoms with Crippen LogP contribution < -0.4 is 20.1 Å².